The minimum atomic E-state index is 0.104. The van der Waals surface area contributed by atoms with E-state index in [9.17, 15) is 4.79 Å². The first-order valence-electron chi connectivity index (χ1n) is 6.57. The fourth-order valence-corrected chi connectivity index (χ4v) is 3.14. The molecule has 4 heteroatoms. The molecule has 0 spiro atoms. The molecule has 17 heavy (non-hydrogen) atoms. The van der Waals surface area contributed by atoms with E-state index in [2.05, 4.69) is 34.9 Å². The summed E-state index contributed by atoms with van der Waals surface area (Å²) in [5.41, 5.74) is 1.23. The zero-order valence-electron chi connectivity index (χ0n) is 10.6. The average Bonchev–Trinajstić information content (AvgIpc) is 2.88. The monoisotopic (exact) mass is 300 g/mol. The first-order chi connectivity index (χ1) is 8.09. The maximum Gasteiger partial charge on any atom is 0.281 e. The Balaban J connectivity index is 2.18. The van der Waals surface area contributed by atoms with Gasteiger partial charge in [-0.1, -0.05) is 26.7 Å². The first-order valence-corrected chi connectivity index (χ1v) is 7.37. The van der Waals surface area contributed by atoms with E-state index >= 15 is 0 Å². The molecule has 0 aromatic carbocycles. The molecule has 1 aromatic heterocycles. The number of halogens is 1. The Morgan fingerprint density at radius 3 is 2.65 bits per heavy atom. The predicted octanol–water partition coefficient (Wildman–Crippen LogP) is 3.64. The van der Waals surface area contributed by atoms with Crippen LogP contribution < -0.4 is 5.56 Å². The summed E-state index contributed by atoms with van der Waals surface area (Å²) in [4.78, 5) is 12.0. The van der Waals surface area contributed by atoms with Crippen LogP contribution in [0.3, 0.4) is 0 Å². The Labute approximate surface area is 111 Å². The van der Waals surface area contributed by atoms with Gasteiger partial charge in [0, 0.05) is 12.5 Å². The molecule has 3 nitrogen and oxygen atoms in total. The van der Waals surface area contributed by atoms with Gasteiger partial charge in [-0.25, -0.2) is 0 Å². The second-order valence-corrected chi connectivity index (χ2v) is 6.25. The Kier molecular flexibility index (Phi) is 4.13. The molecular formula is C13H21BrN2O. The van der Waals surface area contributed by atoms with Crippen molar-refractivity contribution in [1.29, 1.82) is 0 Å². The van der Waals surface area contributed by atoms with E-state index in [-0.39, 0.29) is 5.56 Å². The maximum absolute atomic E-state index is 12.0. The lowest BCUT2D eigenvalue weighted by molar-refractivity contribution is 0.473. The highest BCUT2D eigenvalue weighted by atomic mass is 79.9. The second-order valence-electron chi connectivity index (χ2n) is 5.46. The number of nitrogens with zero attached hydrogens (tertiary/aromatic N) is 1. The zero-order chi connectivity index (χ0) is 12.4. The quantitative estimate of drug-likeness (QED) is 0.906. The van der Waals surface area contributed by atoms with Crippen LogP contribution in [0.2, 0.25) is 0 Å². The maximum atomic E-state index is 12.0. The number of aromatic amines is 1. The molecule has 1 aromatic rings. The third-order valence-corrected chi connectivity index (χ3v) is 4.38. The Morgan fingerprint density at radius 2 is 2.06 bits per heavy atom. The summed E-state index contributed by atoms with van der Waals surface area (Å²) >= 11 is 3.45. The summed E-state index contributed by atoms with van der Waals surface area (Å²) < 4.78 is 2.52. The van der Waals surface area contributed by atoms with Crippen LogP contribution >= 0.6 is 15.9 Å². The summed E-state index contributed by atoms with van der Waals surface area (Å²) in [5, 5.41) is 3.30. The van der Waals surface area contributed by atoms with Crippen molar-refractivity contribution < 1.29 is 0 Å². The fraction of sp³-hybridized carbons (Fsp3) is 0.769. The number of rotatable bonds is 4. The van der Waals surface area contributed by atoms with Crippen molar-refractivity contribution in [3.05, 3.63) is 20.5 Å². The Hall–Kier alpha value is -0.510. The van der Waals surface area contributed by atoms with Gasteiger partial charge >= 0.3 is 0 Å². The lowest BCUT2D eigenvalue weighted by Crippen LogP contribution is -2.17. The highest BCUT2D eigenvalue weighted by molar-refractivity contribution is 9.10. The lowest BCUT2D eigenvalue weighted by Gasteiger charge is -2.07. The van der Waals surface area contributed by atoms with Crippen LogP contribution in [0.15, 0.2) is 9.27 Å². The normalized spacial score (nSPS) is 17.2. The molecule has 0 amide bonds. The number of aryl methyl sites for hydroxylation is 1. The SMILES string of the molecule is CC(C)CCn1[nH]c(C2CCCC2)c(Br)c1=O. The summed E-state index contributed by atoms with van der Waals surface area (Å²) in [5.74, 6) is 1.18. The molecule has 0 unspecified atom stereocenters. The van der Waals surface area contributed by atoms with Crippen LogP contribution in [0, 0.1) is 5.92 Å². The van der Waals surface area contributed by atoms with E-state index in [0.717, 1.165) is 23.1 Å². The number of hydrogen-bond donors (Lipinski definition) is 1. The minimum Gasteiger partial charge on any atom is -0.298 e. The van der Waals surface area contributed by atoms with Gasteiger partial charge in [0.2, 0.25) is 0 Å². The summed E-state index contributed by atoms with van der Waals surface area (Å²) in [7, 11) is 0. The largest absolute Gasteiger partial charge is 0.298 e. The molecular weight excluding hydrogens is 280 g/mol. The van der Waals surface area contributed by atoms with Gasteiger partial charge in [0.25, 0.3) is 5.56 Å². The minimum absolute atomic E-state index is 0.104. The fourth-order valence-electron chi connectivity index (χ4n) is 2.51. The van der Waals surface area contributed by atoms with Crippen molar-refractivity contribution in [3.8, 4) is 0 Å². The Bertz CT molecular complexity index is 427. The zero-order valence-corrected chi connectivity index (χ0v) is 12.2. The van der Waals surface area contributed by atoms with Gasteiger partial charge in [-0.2, -0.15) is 0 Å². The smallest absolute Gasteiger partial charge is 0.281 e. The summed E-state index contributed by atoms with van der Waals surface area (Å²) in [6.07, 6.45) is 6.04. The molecule has 0 radical (unpaired) electrons. The van der Waals surface area contributed by atoms with Crippen LogP contribution in [0.5, 0.6) is 0 Å². The number of H-pyrrole nitrogens is 1. The second kappa shape index (κ2) is 5.42. The molecule has 0 bridgehead atoms. The van der Waals surface area contributed by atoms with Crippen LogP contribution in [0.25, 0.3) is 0 Å². The highest BCUT2D eigenvalue weighted by Gasteiger charge is 2.23. The molecule has 1 N–H and O–H groups in total. The number of nitrogens with one attached hydrogen (secondary N) is 1. The molecule has 0 atom stereocenters. The standard InChI is InChI=1S/C13H21BrN2O/c1-9(2)7-8-16-13(17)11(14)12(15-16)10-5-3-4-6-10/h9-10,15H,3-8H2,1-2H3. The van der Waals surface area contributed by atoms with Crippen molar-refractivity contribution in [2.45, 2.75) is 58.4 Å². The third-order valence-electron chi connectivity index (χ3n) is 3.62. The van der Waals surface area contributed by atoms with Gasteiger partial charge in [0.15, 0.2) is 0 Å². The van der Waals surface area contributed by atoms with Gasteiger partial charge < -0.3 is 0 Å². The molecule has 1 aliphatic carbocycles. The van der Waals surface area contributed by atoms with Crippen LogP contribution in [0.1, 0.15) is 57.6 Å². The topological polar surface area (TPSA) is 37.8 Å². The molecule has 1 saturated carbocycles. The van der Waals surface area contributed by atoms with E-state index in [1.165, 1.54) is 25.7 Å². The lowest BCUT2D eigenvalue weighted by atomic mass is 10.1. The highest BCUT2D eigenvalue weighted by Crippen LogP contribution is 2.35. The van der Waals surface area contributed by atoms with Crippen LogP contribution in [0.4, 0.5) is 0 Å². The van der Waals surface area contributed by atoms with Gasteiger partial charge in [-0.3, -0.25) is 14.6 Å². The molecule has 1 fully saturated rings. The van der Waals surface area contributed by atoms with Crippen molar-refractivity contribution in [3.63, 3.8) is 0 Å². The Morgan fingerprint density at radius 1 is 1.41 bits per heavy atom. The van der Waals surface area contributed by atoms with Crippen molar-refractivity contribution in [2.24, 2.45) is 5.92 Å². The van der Waals surface area contributed by atoms with Gasteiger partial charge in [0.05, 0.1) is 5.69 Å². The van der Waals surface area contributed by atoms with E-state index in [4.69, 9.17) is 0 Å². The van der Waals surface area contributed by atoms with Gasteiger partial charge in [-0.05, 0) is 41.1 Å². The molecule has 96 valence electrons. The summed E-state index contributed by atoms with van der Waals surface area (Å²) in [6.45, 7) is 5.16. The summed E-state index contributed by atoms with van der Waals surface area (Å²) in [6, 6.07) is 0. The van der Waals surface area contributed by atoms with E-state index in [1.807, 2.05) is 0 Å². The first kappa shape index (κ1) is 12.9. The molecule has 1 aliphatic rings. The average molecular weight is 301 g/mol. The molecule has 1 heterocycles. The van der Waals surface area contributed by atoms with E-state index in [0.29, 0.717) is 11.8 Å². The van der Waals surface area contributed by atoms with Gasteiger partial charge in [0.1, 0.15) is 4.47 Å². The van der Waals surface area contributed by atoms with Crippen molar-refractivity contribution in [1.82, 2.24) is 9.78 Å². The van der Waals surface area contributed by atoms with Crippen LogP contribution in [-0.4, -0.2) is 9.78 Å². The van der Waals surface area contributed by atoms with Crippen LogP contribution in [-0.2, 0) is 6.54 Å². The van der Waals surface area contributed by atoms with E-state index < -0.39 is 0 Å². The van der Waals surface area contributed by atoms with Crippen molar-refractivity contribution >= 4 is 15.9 Å². The van der Waals surface area contributed by atoms with E-state index in [1.54, 1.807) is 4.68 Å². The molecule has 2 rings (SSSR count). The third kappa shape index (κ3) is 2.84. The predicted molar refractivity (Wildman–Crippen MR) is 73.4 cm³/mol. The molecule has 0 saturated heterocycles. The van der Waals surface area contributed by atoms with Gasteiger partial charge in [-0.15, -0.1) is 0 Å². The number of hydrogen-bond acceptors (Lipinski definition) is 1. The number of aromatic nitrogens is 2. The molecule has 0 aliphatic heterocycles. The van der Waals surface area contributed by atoms with Crippen molar-refractivity contribution in [2.75, 3.05) is 0 Å².